The maximum atomic E-state index is 11.0. The van der Waals surface area contributed by atoms with E-state index in [2.05, 4.69) is 4.98 Å². The second kappa shape index (κ2) is 4.85. The molecule has 0 aromatic carbocycles. The van der Waals surface area contributed by atoms with E-state index in [4.69, 9.17) is 9.52 Å². The van der Waals surface area contributed by atoms with Crippen LogP contribution >= 0.6 is 0 Å². The predicted molar refractivity (Wildman–Crippen MR) is 73.6 cm³/mol. The molecule has 102 valence electrons. The Morgan fingerprint density at radius 2 is 2.25 bits per heavy atom. The van der Waals surface area contributed by atoms with Gasteiger partial charge in [-0.1, -0.05) is 0 Å². The molecule has 0 aliphatic rings. The second-order valence-corrected chi connectivity index (χ2v) is 4.67. The summed E-state index contributed by atoms with van der Waals surface area (Å²) >= 11 is 0. The van der Waals surface area contributed by atoms with Gasteiger partial charge < -0.3 is 14.1 Å². The predicted octanol–water partition coefficient (Wildman–Crippen LogP) is 2.61. The van der Waals surface area contributed by atoms with E-state index < -0.39 is 5.97 Å². The highest BCUT2D eigenvalue weighted by Crippen LogP contribution is 2.25. The number of carbonyl (C=O) groups is 1. The summed E-state index contributed by atoms with van der Waals surface area (Å²) in [5.74, 6) is -0.0217. The third-order valence-electron chi connectivity index (χ3n) is 3.43. The van der Waals surface area contributed by atoms with Crippen molar-refractivity contribution in [3.05, 3.63) is 53.7 Å². The molecule has 3 rings (SSSR count). The van der Waals surface area contributed by atoms with E-state index in [1.54, 1.807) is 12.5 Å². The average molecular weight is 270 g/mol. The number of nitrogens with zero attached hydrogens (tertiary/aromatic N) is 2. The molecule has 0 radical (unpaired) electrons. The van der Waals surface area contributed by atoms with Crippen LogP contribution in [0.25, 0.3) is 11.0 Å². The number of rotatable bonds is 4. The zero-order valence-electron chi connectivity index (χ0n) is 11.0. The topological polar surface area (TPSA) is 68.3 Å². The lowest BCUT2D eigenvalue weighted by atomic mass is 10.1. The minimum atomic E-state index is -0.839. The number of aromatic nitrogens is 2. The van der Waals surface area contributed by atoms with Gasteiger partial charge in [-0.2, -0.15) is 0 Å². The number of hydrogen-bond donors (Lipinski definition) is 1. The molecule has 20 heavy (non-hydrogen) atoms. The second-order valence-electron chi connectivity index (χ2n) is 4.67. The third kappa shape index (κ3) is 2.07. The van der Waals surface area contributed by atoms with Gasteiger partial charge in [0.2, 0.25) is 0 Å². The molecular weight excluding hydrogens is 256 g/mol. The molecule has 5 heteroatoms. The van der Waals surface area contributed by atoms with Crippen LogP contribution in [0.2, 0.25) is 0 Å². The minimum Gasteiger partial charge on any atom is -0.481 e. The third-order valence-corrected chi connectivity index (χ3v) is 3.43. The van der Waals surface area contributed by atoms with Crippen molar-refractivity contribution in [1.82, 2.24) is 9.55 Å². The Bertz CT molecular complexity index is 757. The molecule has 3 aromatic heterocycles. The zero-order chi connectivity index (χ0) is 14.1. The first-order valence-corrected chi connectivity index (χ1v) is 6.33. The van der Waals surface area contributed by atoms with Gasteiger partial charge in [-0.3, -0.25) is 4.79 Å². The van der Waals surface area contributed by atoms with Crippen molar-refractivity contribution in [3.63, 3.8) is 0 Å². The first-order valence-electron chi connectivity index (χ1n) is 6.33. The Morgan fingerprint density at radius 1 is 1.40 bits per heavy atom. The Labute approximate surface area is 115 Å². The largest absolute Gasteiger partial charge is 0.481 e. The van der Waals surface area contributed by atoms with Crippen molar-refractivity contribution in [2.24, 2.45) is 0 Å². The summed E-state index contributed by atoms with van der Waals surface area (Å²) < 4.78 is 7.36. The average Bonchev–Trinajstić information content (AvgIpc) is 3.02. The normalized spacial score (nSPS) is 11.1. The van der Waals surface area contributed by atoms with E-state index in [1.165, 1.54) is 0 Å². The number of furan rings is 1. The number of aliphatic carboxylic acids is 1. The van der Waals surface area contributed by atoms with E-state index in [0.29, 0.717) is 6.54 Å². The van der Waals surface area contributed by atoms with Crippen LogP contribution in [0.1, 0.15) is 17.0 Å². The van der Waals surface area contributed by atoms with Gasteiger partial charge in [0.15, 0.2) is 0 Å². The Hall–Kier alpha value is -2.56. The molecular formula is C15H14N2O3. The molecule has 0 unspecified atom stereocenters. The molecule has 0 atom stereocenters. The van der Waals surface area contributed by atoms with E-state index in [1.807, 2.05) is 35.8 Å². The summed E-state index contributed by atoms with van der Waals surface area (Å²) in [6.07, 6.45) is 3.34. The van der Waals surface area contributed by atoms with Crippen LogP contribution in [0.5, 0.6) is 0 Å². The zero-order valence-corrected chi connectivity index (χ0v) is 11.0. The SMILES string of the molecule is Cc1c(CC(=O)O)c2cccnc2n1Cc1ccco1. The fourth-order valence-corrected chi connectivity index (χ4v) is 2.49. The highest BCUT2D eigenvalue weighted by atomic mass is 16.4. The van der Waals surface area contributed by atoms with Crippen LogP contribution in [0.15, 0.2) is 41.1 Å². The molecule has 0 saturated heterocycles. The summed E-state index contributed by atoms with van der Waals surface area (Å²) in [6.45, 7) is 2.47. The lowest BCUT2D eigenvalue weighted by Crippen LogP contribution is -2.04. The van der Waals surface area contributed by atoms with Crippen molar-refractivity contribution in [2.45, 2.75) is 19.9 Å². The van der Waals surface area contributed by atoms with Gasteiger partial charge in [0.05, 0.1) is 19.2 Å². The monoisotopic (exact) mass is 270 g/mol. The van der Waals surface area contributed by atoms with Crippen molar-refractivity contribution in [3.8, 4) is 0 Å². The van der Waals surface area contributed by atoms with Gasteiger partial charge in [0.1, 0.15) is 11.4 Å². The van der Waals surface area contributed by atoms with Crippen molar-refractivity contribution < 1.29 is 14.3 Å². The highest BCUT2D eigenvalue weighted by Gasteiger charge is 2.17. The molecule has 0 bridgehead atoms. The van der Waals surface area contributed by atoms with Gasteiger partial charge in [0, 0.05) is 17.3 Å². The summed E-state index contributed by atoms with van der Waals surface area (Å²) in [5.41, 5.74) is 2.52. The Balaban J connectivity index is 2.15. The summed E-state index contributed by atoms with van der Waals surface area (Å²) in [4.78, 5) is 15.4. The van der Waals surface area contributed by atoms with E-state index in [-0.39, 0.29) is 6.42 Å². The van der Waals surface area contributed by atoms with Crippen LogP contribution < -0.4 is 0 Å². The van der Waals surface area contributed by atoms with Crippen molar-refractivity contribution in [1.29, 1.82) is 0 Å². The standard InChI is InChI=1S/C15H14N2O3/c1-10-13(8-14(18)19)12-5-2-6-16-15(12)17(10)9-11-4-3-7-20-11/h2-7H,8-9H2,1H3,(H,18,19). The van der Waals surface area contributed by atoms with E-state index in [0.717, 1.165) is 28.1 Å². The first kappa shape index (κ1) is 12.5. The number of pyridine rings is 1. The molecule has 3 heterocycles. The molecule has 0 spiro atoms. The fraction of sp³-hybridized carbons (Fsp3) is 0.200. The van der Waals surface area contributed by atoms with Gasteiger partial charge in [0.25, 0.3) is 0 Å². The van der Waals surface area contributed by atoms with E-state index >= 15 is 0 Å². The van der Waals surface area contributed by atoms with Crippen LogP contribution in [0, 0.1) is 6.92 Å². The molecule has 0 amide bonds. The minimum absolute atomic E-state index is 0.000812. The molecule has 1 N–H and O–H groups in total. The molecule has 3 aromatic rings. The van der Waals surface area contributed by atoms with Crippen molar-refractivity contribution in [2.75, 3.05) is 0 Å². The van der Waals surface area contributed by atoms with Gasteiger partial charge in [-0.15, -0.1) is 0 Å². The van der Waals surface area contributed by atoms with Gasteiger partial charge >= 0.3 is 5.97 Å². The molecule has 0 saturated carbocycles. The fourth-order valence-electron chi connectivity index (χ4n) is 2.49. The Kier molecular flexibility index (Phi) is 3.02. The number of hydrogen-bond acceptors (Lipinski definition) is 3. The van der Waals surface area contributed by atoms with Gasteiger partial charge in [-0.25, -0.2) is 4.98 Å². The van der Waals surface area contributed by atoms with Crippen LogP contribution in [-0.4, -0.2) is 20.6 Å². The molecule has 5 nitrogen and oxygen atoms in total. The highest BCUT2D eigenvalue weighted by molar-refractivity contribution is 5.86. The number of carboxylic acid groups (broad SMARTS) is 1. The lowest BCUT2D eigenvalue weighted by Gasteiger charge is -2.05. The van der Waals surface area contributed by atoms with Crippen LogP contribution in [0.4, 0.5) is 0 Å². The smallest absolute Gasteiger partial charge is 0.307 e. The Morgan fingerprint density at radius 3 is 2.95 bits per heavy atom. The van der Waals surface area contributed by atoms with Crippen LogP contribution in [0.3, 0.4) is 0 Å². The van der Waals surface area contributed by atoms with Crippen LogP contribution in [-0.2, 0) is 17.8 Å². The van der Waals surface area contributed by atoms with E-state index in [9.17, 15) is 4.79 Å². The summed E-state index contributed by atoms with van der Waals surface area (Å²) in [5, 5.41) is 9.96. The summed E-state index contributed by atoms with van der Waals surface area (Å²) in [7, 11) is 0. The molecule has 0 aliphatic carbocycles. The first-order chi connectivity index (χ1) is 9.66. The molecule has 0 aliphatic heterocycles. The molecule has 0 fully saturated rings. The summed E-state index contributed by atoms with van der Waals surface area (Å²) in [6, 6.07) is 7.46. The van der Waals surface area contributed by atoms with Gasteiger partial charge in [-0.05, 0) is 36.8 Å². The maximum Gasteiger partial charge on any atom is 0.307 e. The number of fused-ring (bicyclic) bond motifs is 1. The maximum absolute atomic E-state index is 11.0. The number of carboxylic acids is 1. The van der Waals surface area contributed by atoms with Crippen molar-refractivity contribution >= 4 is 17.0 Å². The lowest BCUT2D eigenvalue weighted by molar-refractivity contribution is -0.136. The quantitative estimate of drug-likeness (QED) is 0.791.